The van der Waals surface area contributed by atoms with Crippen LogP contribution in [0.25, 0.3) is 115 Å². The molecule has 290 valence electrons. The number of hydrogen-bond donors (Lipinski definition) is 0. The standard InChI is InChI=1S/C57H36N4S/c1-3-17-37(18-4-1)39-33-34-49(52(36-39)61-50-30-12-9-24-44(50)45-25-10-13-31-51(45)61)57-59-55(58-56(60-57)48-27-8-7-23-42(48)38-19-5-2-6-20-38)41-22-15-21-40(35-41)43-28-16-29-47-46-26-11-14-32-53(46)62-54(43)47/h1-36H/i9D,10D,12D,13D,24D,25D,30D,31D. The van der Waals surface area contributed by atoms with E-state index in [1.807, 2.05) is 115 Å². The van der Waals surface area contributed by atoms with Crippen molar-refractivity contribution in [3.8, 4) is 73.2 Å². The van der Waals surface area contributed by atoms with E-state index >= 15 is 0 Å². The molecule has 0 aliphatic rings. The van der Waals surface area contributed by atoms with Crippen molar-refractivity contribution in [2.45, 2.75) is 0 Å². The van der Waals surface area contributed by atoms with Gasteiger partial charge in [0, 0.05) is 47.6 Å². The quantitative estimate of drug-likeness (QED) is 0.161. The fourth-order valence-electron chi connectivity index (χ4n) is 8.47. The Balaban J connectivity index is 1.18. The summed E-state index contributed by atoms with van der Waals surface area (Å²) in [6.45, 7) is 0. The molecule has 62 heavy (non-hydrogen) atoms. The van der Waals surface area contributed by atoms with Crippen molar-refractivity contribution >= 4 is 53.3 Å². The lowest BCUT2D eigenvalue weighted by Gasteiger charge is -2.17. The third-order valence-electron chi connectivity index (χ3n) is 11.3. The molecule has 0 saturated carbocycles. The average molecular weight is 817 g/mol. The number of thiophene rings is 1. The smallest absolute Gasteiger partial charge is 0.166 e. The molecule has 0 N–H and O–H groups in total. The molecule has 0 aliphatic carbocycles. The molecule has 0 saturated heterocycles. The summed E-state index contributed by atoms with van der Waals surface area (Å²) in [5, 5.41) is 2.33. The molecule has 12 aromatic rings. The van der Waals surface area contributed by atoms with E-state index in [4.69, 9.17) is 20.4 Å². The van der Waals surface area contributed by atoms with Gasteiger partial charge in [-0.05, 0) is 69.7 Å². The first-order valence-corrected chi connectivity index (χ1v) is 21.0. The SMILES string of the molecule is [2H]c1c([2H])c([2H])c2c(c1[2H])c1c([2H])c([2H])c([2H])c([2H])c1n2-c1cc(-c2ccccc2)ccc1-c1nc(-c2cccc(-c3cccc4c3sc3ccccc34)c2)nc(-c2ccccc2-c2ccccc2)n1. The van der Waals surface area contributed by atoms with Crippen LogP contribution in [0.3, 0.4) is 0 Å². The Labute approximate surface area is 374 Å². The predicted octanol–water partition coefficient (Wildman–Crippen LogP) is 15.3. The predicted molar refractivity (Wildman–Crippen MR) is 260 cm³/mol. The van der Waals surface area contributed by atoms with Crippen molar-refractivity contribution in [2.75, 3.05) is 0 Å². The zero-order valence-electron chi connectivity index (χ0n) is 40.9. The summed E-state index contributed by atoms with van der Waals surface area (Å²) in [7, 11) is 0. The zero-order chi connectivity index (χ0) is 47.9. The second-order valence-corrected chi connectivity index (χ2v) is 16.0. The van der Waals surface area contributed by atoms with Crippen LogP contribution in [0.2, 0.25) is 0 Å². The van der Waals surface area contributed by atoms with Crippen molar-refractivity contribution in [1.82, 2.24) is 19.5 Å². The third kappa shape index (κ3) is 6.09. The summed E-state index contributed by atoms with van der Waals surface area (Å²) in [6.07, 6.45) is 0. The summed E-state index contributed by atoms with van der Waals surface area (Å²) < 4.78 is 76.2. The normalized spacial score (nSPS) is 13.4. The highest BCUT2D eigenvalue weighted by Gasteiger charge is 2.22. The molecule has 0 atom stereocenters. The largest absolute Gasteiger partial charge is 0.308 e. The molecule has 0 spiro atoms. The summed E-state index contributed by atoms with van der Waals surface area (Å²) >= 11 is 1.75. The number of aromatic nitrogens is 4. The van der Waals surface area contributed by atoms with Gasteiger partial charge in [-0.3, -0.25) is 0 Å². The van der Waals surface area contributed by atoms with Gasteiger partial charge in [-0.2, -0.15) is 0 Å². The zero-order valence-corrected chi connectivity index (χ0v) is 33.7. The van der Waals surface area contributed by atoms with Gasteiger partial charge in [0.15, 0.2) is 17.5 Å². The summed E-state index contributed by atoms with van der Waals surface area (Å²) in [5.41, 5.74) is 7.69. The minimum Gasteiger partial charge on any atom is -0.308 e. The fraction of sp³-hybridized carbons (Fsp3) is 0. The fourth-order valence-corrected chi connectivity index (χ4v) is 9.71. The maximum Gasteiger partial charge on any atom is 0.166 e. The van der Waals surface area contributed by atoms with Crippen molar-refractivity contribution in [1.29, 1.82) is 0 Å². The highest BCUT2D eigenvalue weighted by Crippen LogP contribution is 2.42. The van der Waals surface area contributed by atoms with Crippen LogP contribution in [0, 0.1) is 0 Å². The van der Waals surface area contributed by atoms with Gasteiger partial charge in [0.25, 0.3) is 0 Å². The Hall–Kier alpha value is -7.99. The first-order chi connectivity index (χ1) is 34.1. The number of nitrogens with zero attached hydrogens (tertiary/aromatic N) is 4. The van der Waals surface area contributed by atoms with Crippen LogP contribution in [-0.2, 0) is 0 Å². The molecule has 9 aromatic carbocycles. The van der Waals surface area contributed by atoms with E-state index in [1.165, 1.54) is 24.7 Å². The maximum absolute atomic E-state index is 9.39. The Bertz CT molecular complexity index is 4040. The number of fused-ring (bicyclic) bond motifs is 6. The molecule has 3 heterocycles. The monoisotopic (exact) mass is 816 g/mol. The summed E-state index contributed by atoms with van der Waals surface area (Å²) in [4.78, 5) is 15.8. The average Bonchev–Trinajstić information content (AvgIpc) is 3.98. The van der Waals surface area contributed by atoms with Gasteiger partial charge in [0.2, 0.25) is 0 Å². The van der Waals surface area contributed by atoms with E-state index in [-0.39, 0.29) is 27.6 Å². The van der Waals surface area contributed by atoms with Gasteiger partial charge >= 0.3 is 0 Å². The van der Waals surface area contributed by atoms with Crippen LogP contribution in [0.15, 0.2) is 218 Å². The van der Waals surface area contributed by atoms with E-state index in [1.54, 1.807) is 11.3 Å². The maximum atomic E-state index is 9.39. The molecule has 3 aromatic heterocycles. The molecule has 12 rings (SSSR count). The molecule has 0 unspecified atom stereocenters. The number of benzene rings is 9. The van der Waals surface area contributed by atoms with Crippen molar-refractivity contribution in [3.63, 3.8) is 0 Å². The van der Waals surface area contributed by atoms with Crippen molar-refractivity contribution in [3.05, 3.63) is 218 Å². The molecule has 0 amide bonds. The van der Waals surface area contributed by atoms with Crippen LogP contribution in [0.1, 0.15) is 11.0 Å². The molecule has 0 radical (unpaired) electrons. The molecular formula is C57H36N4S. The van der Waals surface area contributed by atoms with Crippen LogP contribution in [0.4, 0.5) is 0 Å². The molecule has 0 aliphatic heterocycles. The molecule has 5 heteroatoms. The van der Waals surface area contributed by atoms with Gasteiger partial charge in [0.05, 0.1) is 27.7 Å². The van der Waals surface area contributed by atoms with Gasteiger partial charge in [0.1, 0.15) is 0 Å². The van der Waals surface area contributed by atoms with Crippen molar-refractivity contribution < 1.29 is 11.0 Å². The van der Waals surface area contributed by atoms with Gasteiger partial charge in [-0.25, -0.2) is 15.0 Å². The van der Waals surface area contributed by atoms with E-state index < -0.39 is 48.3 Å². The van der Waals surface area contributed by atoms with Gasteiger partial charge < -0.3 is 4.57 Å². The number of rotatable bonds is 7. The molecule has 4 nitrogen and oxygen atoms in total. The second-order valence-electron chi connectivity index (χ2n) is 15.0. The lowest BCUT2D eigenvalue weighted by atomic mass is 9.98. The first-order valence-electron chi connectivity index (χ1n) is 24.2. The summed E-state index contributed by atoms with van der Waals surface area (Å²) in [6, 6.07) is 52.5. The van der Waals surface area contributed by atoms with Crippen molar-refractivity contribution in [2.24, 2.45) is 0 Å². The van der Waals surface area contributed by atoms with Crippen LogP contribution in [-0.4, -0.2) is 19.5 Å². The Morgan fingerprint density at radius 2 is 0.935 bits per heavy atom. The van der Waals surface area contributed by atoms with Crippen LogP contribution in [0.5, 0.6) is 0 Å². The van der Waals surface area contributed by atoms with Crippen LogP contribution < -0.4 is 0 Å². The van der Waals surface area contributed by atoms with E-state index in [0.717, 1.165) is 44.5 Å². The van der Waals surface area contributed by atoms with Crippen LogP contribution >= 0.6 is 11.3 Å². The topological polar surface area (TPSA) is 43.6 Å². The Kier molecular flexibility index (Phi) is 6.86. The lowest BCUT2D eigenvalue weighted by molar-refractivity contribution is 1.06. The first kappa shape index (κ1) is 28.5. The third-order valence-corrected chi connectivity index (χ3v) is 12.6. The highest BCUT2D eigenvalue weighted by molar-refractivity contribution is 7.26. The lowest BCUT2D eigenvalue weighted by Crippen LogP contribution is -2.04. The summed E-state index contributed by atoms with van der Waals surface area (Å²) in [5.74, 6) is 0.976. The minimum absolute atomic E-state index is 0.00787. The molecular weight excluding hydrogens is 773 g/mol. The number of hydrogen-bond acceptors (Lipinski definition) is 4. The van der Waals surface area contributed by atoms with Gasteiger partial charge in [-0.1, -0.05) is 182 Å². The Morgan fingerprint density at radius 1 is 0.371 bits per heavy atom. The van der Waals surface area contributed by atoms with E-state index in [2.05, 4.69) is 54.6 Å². The van der Waals surface area contributed by atoms with E-state index in [0.29, 0.717) is 22.9 Å². The minimum atomic E-state index is -0.517. The molecule has 0 bridgehead atoms. The highest BCUT2D eigenvalue weighted by atomic mass is 32.1. The molecule has 0 fully saturated rings. The van der Waals surface area contributed by atoms with E-state index in [9.17, 15) is 5.48 Å². The Morgan fingerprint density at radius 3 is 1.71 bits per heavy atom. The van der Waals surface area contributed by atoms with Gasteiger partial charge in [-0.15, -0.1) is 11.3 Å². The second kappa shape index (κ2) is 14.9. The number of para-hydroxylation sites is 2.